The summed E-state index contributed by atoms with van der Waals surface area (Å²) in [6.45, 7) is 3.93. The van der Waals surface area contributed by atoms with Gasteiger partial charge < -0.3 is 10.1 Å². The fourth-order valence-corrected chi connectivity index (χ4v) is 5.61. The van der Waals surface area contributed by atoms with Gasteiger partial charge in [-0.05, 0) is 45.1 Å². The molecule has 0 saturated heterocycles. The quantitative estimate of drug-likeness (QED) is 0.590. The molecule has 2 aromatic rings. The number of rotatable bonds is 6. The smallest absolute Gasteiger partial charge is 0.341 e. The number of nitrogens with one attached hydrogen (secondary N) is 1. The molecule has 0 saturated carbocycles. The summed E-state index contributed by atoms with van der Waals surface area (Å²) in [6.07, 6.45) is 4.00. The summed E-state index contributed by atoms with van der Waals surface area (Å²) in [5.41, 5.74) is 3.23. The van der Waals surface area contributed by atoms with Crippen molar-refractivity contribution in [2.75, 3.05) is 11.9 Å². The summed E-state index contributed by atoms with van der Waals surface area (Å²) in [7, 11) is 0. The third kappa shape index (κ3) is 4.21. The van der Waals surface area contributed by atoms with Gasteiger partial charge in [0.2, 0.25) is 5.91 Å². The first kappa shape index (κ1) is 18.3. The van der Waals surface area contributed by atoms with E-state index in [-0.39, 0.29) is 17.1 Å². The molecular weight excluding hydrogens is 378 g/mol. The Morgan fingerprint density at radius 2 is 2.20 bits per heavy atom. The van der Waals surface area contributed by atoms with E-state index in [4.69, 9.17) is 4.74 Å². The SMILES string of the molecule is CCOC(=O)c1c(NC(=O)[C@@H](C)Sc2nncs2)sc2c1CCCC2. The Bertz CT molecular complexity index is 758. The van der Waals surface area contributed by atoms with Crippen LogP contribution in [-0.4, -0.2) is 33.9 Å². The molecule has 2 aromatic heterocycles. The van der Waals surface area contributed by atoms with E-state index in [1.807, 2.05) is 6.92 Å². The molecule has 134 valence electrons. The Morgan fingerprint density at radius 3 is 2.92 bits per heavy atom. The third-order valence-corrected chi connectivity index (χ3v) is 6.99. The highest BCUT2D eigenvalue weighted by atomic mass is 32.2. The van der Waals surface area contributed by atoms with Crippen molar-refractivity contribution in [2.24, 2.45) is 0 Å². The van der Waals surface area contributed by atoms with Crippen LogP contribution >= 0.6 is 34.4 Å². The summed E-state index contributed by atoms with van der Waals surface area (Å²) in [6, 6.07) is 0. The lowest BCUT2D eigenvalue weighted by atomic mass is 9.95. The molecule has 1 amide bonds. The van der Waals surface area contributed by atoms with E-state index in [1.54, 1.807) is 12.4 Å². The topological polar surface area (TPSA) is 81.2 Å². The number of amides is 1. The van der Waals surface area contributed by atoms with Crippen molar-refractivity contribution in [1.82, 2.24) is 10.2 Å². The third-order valence-electron chi connectivity index (χ3n) is 3.87. The minimum Gasteiger partial charge on any atom is -0.462 e. The summed E-state index contributed by atoms with van der Waals surface area (Å²) >= 11 is 4.26. The predicted molar refractivity (Wildman–Crippen MR) is 101 cm³/mol. The van der Waals surface area contributed by atoms with E-state index in [2.05, 4.69) is 15.5 Å². The highest BCUT2D eigenvalue weighted by molar-refractivity contribution is 8.02. The molecular formula is C16H19N3O3S3. The van der Waals surface area contributed by atoms with Crippen molar-refractivity contribution in [1.29, 1.82) is 0 Å². The number of fused-ring (bicyclic) bond motifs is 1. The van der Waals surface area contributed by atoms with Crippen LogP contribution in [0.4, 0.5) is 5.00 Å². The molecule has 0 fully saturated rings. The Labute approximate surface area is 158 Å². The molecule has 0 unspecified atom stereocenters. The van der Waals surface area contributed by atoms with Crippen LogP contribution in [0.2, 0.25) is 0 Å². The molecule has 9 heteroatoms. The van der Waals surface area contributed by atoms with Gasteiger partial charge in [0.05, 0.1) is 17.4 Å². The molecule has 0 bridgehead atoms. The van der Waals surface area contributed by atoms with Crippen LogP contribution in [0.25, 0.3) is 0 Å². The van der Waals surface area contributed by atoms with Gasteiger partial charge in [0, 0.05) is 4.88 Å². The number of ether oxygens (including phenoxy) is 1. The fourth-order valence-electron chi connectivity index (χ4n) is 2.71. The van der Waals surface area contributed by atoms with Gasteiger partial charge in [-0.15, -0.1) is 21.5 Å². The average Bonchev–Trinajstić information content (AvgIpc) is 3.21. The van der Waals surface area contributed by atoms with Gasteiger partial charge in [0.15, 0.2) is 4.34 Å². The largest absolute Gasteiger partial charge is 0.462 e. The molecule has 1 N–H and O–H groups in total. The molecule has 2 heterocycles. The molecule has 0 spiro atoms. The van der Waals surface area contributed by atoms with Crippen molar-refractivity contribution in [3.63, 3.8) is 0 Å². The van der Waals surface area contributed by atoms with Crippen LogP contribution in [-0.2, 0) is 22.4 Å². The van der Waals surface area contributed by atoms with E-state index < -0.39 is 0 Å². The summed E-state index contributed by atoms with van der Waals surface area (Å²) < 4.78 is 5.96. The minimum absolute atomic E-state index is 0.149. The fraction of sp³-hybridized carbons (Fsp3) is 0.500. The number of hydrogen-bond donors (Lipinski definition) is 1. The second-order valence-electron chi connectivity index (χ2n) is 5.59. The molecule has 25 heavy (non-hydrogen) atoms. The van der Waals surface area contributed by atoms with Gasteiger partial charge in [-0.2, -0.15) is 0 Å². The van der Waals surface area contributed by atoms with Gasteiger partial charge in [-0.3, -0.25) is 4.79 Å². The maximum Gasteiger partial charge on any atom is 0.341 e. The molecule has 1 atom stereocenters. The molecule has 3 rings (SSSR count). The Kier molecular flexibility index (Phi) is 6.08. The first-order chi connectivity index (χ1) is 12.1. The number of carbonyl (C=O) groups excluding carboxylic acids is 2. The summed E-state index contributed by atoms with van der Waals surface area (Å²) in [4.78, 5) is 26.2. The van der Waals surface area contributed by atoms with Crippen LogP contribution in [0.15, 0.2) is 9.85 Å². The molecule has 0 aromatic carbocycles. The number of aromatic nitrogens is 2. The zero-order chi connectivity index (χ0) is 17.8. The lowest BCUT2D eigenvalue weighted by Gasteiger charge is -2.13. The van der Waals surface area contributed by atoms with Gasteiger partial charge in [-0.25, -0.2) is 4.79 Å². The lowest BCUT2D eigenvalue weighted by molar-refractivity contribution is -0.115. The van der Waals surface area contributed by atoms with Crippen molar-refractivity contribution in [3.8, 4) is 0 Å². The Balaban J connectivity index is 1.80. The van der Waals surface area contributed by atoms with Gasteiger partial charge in [-0.1, -0.05) is 23.1 Å². The first-order valence-electron chi connectivity index (χ1n) is 8.15. The van der Waals surface area contributed by atoms with E-state index >= 15 is 0 Å². The number of anilines is 1. The lowest BCUT2D eigenvalue weighted by Crippen LogP contribution is -2.23. The maximum absolute atomic E-state index is 12.6. The highest BCUT2D eigenvalue weighted by Crippen LogP contribution is 2.39. The van der Waals surface area contributed by atoms with E-state index in [0.29, 0.717) is 17.2 Å². The summed E-state index contributed by atoms with van der Waals surface area (Å²) in [5.74, 6) is -0.494. The van der Waals surface area contributed by atoms with Crippen LogP contribution in [0, 0.1) is 0 Å². The second-order valence-corrected chi connectivity index (χ2v) is 9.12. The van der Waals surface area contributed by atoms with Gasteiger partial charge in [0.1, 0.15) is 10.5 Å². The number of thioether (sulfide) groups is 1. The van der Waals surface area contributed by atoms with E-state index in [0.717, 1.165) is 35.6 Å². The second kappa shape index (κ2) is 8.29. The zero-order valence-corrected chi connectivity index (χ0v) is 16.5. The highest BCUT2D eigenvalue weighted by Gasteiger charge is 2.28. The monoisotopic (exact) mass is 397 g/mol. The standard InChI is InChI=1S/C16H19N3O3S3/c1-3-22-15(21)12-10-6-4-5-7-11(10)25-14(12)18-13(20)9(2)24-16-19-17-8-23-16/h8-9H,3-7H2,1-2H3,(H,18,20)/t9-/m1/s1. The molecule has 1 aliphatic carbocycles. The molecule has 0 radical (unpaired) electrons. The summed E-state index contributed by atoms with van der Waals surface area (Å²) in [5, 5.41) is 10.9. The number of esters is 1. The number of aryl methyl sites for hydroxylation is 1. The van der Waals surface area contributed by atoms with Crippen molar-refractivity contribution in [3.05, 3.63) is 21.5 Å². The van der Waals surface area contributed by atoms with Crippen LogP contribution < -0.4 is 5.32 Å². The predicted octanol–water partition coefficient (Wildman–Crippen LogP) is 3.77. The van der Waals surface area contributed by atoms with E-state index in [9.17, 15) is 9.59 Å². The molecule has 6 nitrogen and oxygen atoms in total. The number of hydrogen-bond acceptors (Lipinski definition) is 8. The number of thiophene rings is 1. The number of nitrogens with zero attached hydrogens (tertiary/aromatic N) is 2. The minimum atomic E-state index is -0.346. The van der Waals surface area contributed by atoms with Crippen LogP contribution in [0.3, 0.4) is 0 Å². The van der Waals surface area contributed by atoms with Crippen molar-refractivity contribution >= 4 is 51.3 Å². The normalized spacial score (nSPS) is 14.6. The van der Waals surface area contributed by atoms with Gasteiger partial charge >= 0.3 is 5.97 Å². The van der Waals surface area contributed by atoms with Crippen molar-refractivity contribution < 1.29 is 14.3 Å². The maximum atomic E-state index is 12.6. The van der Waals surface area contributed by atoms with E-state index in [1.165, 1.54) is 39.3 Å². The molecule has 0 aliphatic heterocycles. The average molecular weight is 398 g/mol. The van der Waals surface area contributed by atoms with Crippen molar-refractivity contribution in [2.45, 2.75) is 49.1 Å². The zero-order valence-electron chi connectivity index (χ0n) is 14.0. The number of carbonyl (C=O) groups is 2. The first-order valence-corrected chi connectivity index (χ1v) is 10.7. The Hall–Kier alpha value is -1.45. The van der Waals surface area contributed by atoms with Gasteiger partial charge in [0.25, 0.3) is 0 Å². The Morgan fingerprint density at radius 1 is 1.40 bits per heavy atom. The molecule has 1 aliphatic rings. The van der Waals surface area contributed by atoms with Crippen LogP contribution in [0.5, 0.6) is 0 Å². The van der Waals surface area contributed by atoms with Crippen LogP contribution in [0.1, 0.15) is 47.5 Å².